The lowest BCUT2D eigenvalue weighted by Gasteiger charge is -2.17. The molecule has 0 aliphatic heterocycles. The van der Waals surface area contributed by atoms with E-state index in [9.17, 15) is 4.39 Å². The van der Waals surface area contributed by atoms with E-state index in [1.807, 2.05) is 12.1 Å². The molecule has 1 saturated carbocycles. The largest absolute Gasteiger partial charge is 0.326 e. The van der Waals surface area contributed by atoms with Gasteiger partial charge in [0.1, 0.15) is 5.82 Å². The van der Waals surface area contributed by atoms with Gasteiger partial charge in [0.05, 0.1) is 0 Å². The fraction of sp³-hybridized carbons (Fsp3) is 0.500. The molecule has 0 unspecified atom stereocenters. The number of hydrogen-bond donors (Lipinski definition) is 2. The fourth-order valence-electron chi connectivity index (χ4n) is 2.09. The normalized spacial score (nSPS) is 25.7. The summed E-state index contributed by atoms with van der Waals surface area (Å²) in [6.07, 6.45) is 3.48. The summed E-state index contributed by atoms with van der Waals surface area (Å²) >= 11 is 0. The Bertz CT molecular complexity index is 310. The molecule has 2 rings (SSSR count). The number of nitrogens with one attached hydrogen (secondary N) is 1. The Balaban J connectivity index is 1.85. The molecule has 0 amide bonds. The van der Waals surface area contributed by atoms with Crippen molar-refractivity contribution >= 4 is 0 Å². The van der Waals surface area contributed by atoms with Gasteiger partial charge >= 0.3 is 0 Å². The molecule has 1 aromatic carbocycles. The van der Waals surface area contributed by atoms with Gasteiger partial charge in [-0.1, -0.05) is 18.6 Å². The lowest BCUT2D eigenvalue weighted by molar-refractivity contribution is 0.475. The Kier molecular flexibility index (Phi) is 3.34. The van der Waals surface area contributed by atoms with Crippen LogP contribution in [0.3, 0.4) is 0 Å². The molecule has 0 radical (unpaired) electrons. The summed E-state index contributed by atoms with van der Waals surface area (Å²) in [5.74, 6) is -0.184. The van der Waals surface area contributed by atoms with Crippen LogP contribution in [-0.4, -0.2) is 12.1 Å². The van der Waals surface area contributed by atoms with Crippen LogP contribution in [0, 0.1) is 5.82 Å². The van der Waals surface area contributed by atoms with Gasteiger partial charge in [-0.05, 0) is 30.5 Å². The maximum absolute atomic E-state index is 12.6. The smallest absolute Gasteiger partial charge is 0.123 e. The van der Waals surface area contributed by atoms with Crippen LogP contribution < -0.4 is 11.1 Å². The van der Waals surface area contributed by atoms with Crippen molar-refractivity contribution in [1.29, 1.82) is 0 Å². The minimum Gasteiger partial charge on any atom is -0.326 e. The van der Waals surface area contributed by atoms with Gasteiger partial charge in [-0.25, -0.2) is 4.39 Å². The van der Waals surface area contributed by atoms with E-state index in [0.717, 1.165) is 24.9 Å². The first-order valence-electron chi connectivity index (χ1n) is 5.49. The van der Waals surface area contributed by atoms with Crippen molar-refractivity contribution < 1.29 is 4.39 Å². The van der Waals surface area contributed by atoms with E-state index in [1.54, 1.807) is 0 Å². The van der Waals surface area contributed by atoms with Crippen molar-refractivity contribution in [3.05, 3.63) is 35.6 Å². The zero-order chi connectivity index (χ0) is 10.7. The summed E-state index contributed by atoms with van der Waals surface area (Å²) in [6.45, 7) is 0.776. The van der Waals surface area contributed by atoms with Crippen molar-refractivity contribution in [2.45, 2.75) is 37.9 Å². The highest BCUT2D eigenvalue weighted by Crippen LogP contribution is 2.17. The fourth-order valence-corrected chi connectivity index (χ4v) is 2.09. The molecular formula is C12H17FN2. The summed E-state index contributed by atoms with van der Waals surface area (Å²) in [6, 6.07) is 7.31. The Morgan fingerprint density at radius 2 is 2.00 bits per heavy atom. The quantitative estimate of drug-likeness (QED) is 0.794. The molecule has 3 heteroatoms. The molecule has 1 fully saturated rings. The minimum atomic E-state index is -0.184. The summed E-state index contributed by atoms with van der Waals surface area (Å²) in [4.78, 5) is 0. The molecule has 0 spiro atoms. The highest BCUT2D eigenvalue weighted by molar-refractivity contribution is 5.15. The second-order valence-electron chi connectivity index (χ2n) is 4.21. The molecule has 1 aromatic rings. The van der Waals surface area contributed by atoms with E-state index >= 15 is 0 Å². The van der Waals surface area contributed by atoms with Gasteiger partial charge in [-0.15, -0.1) is 0 Å². The van der Waals surface area contributed by atoms with Crippen molar-refractivity contribution in [3.63, 3.8) is 0 Å². The van der Waals surface area contributed by atoms with Crippen LogP contribution in [0.2, 0.25) is 0 Å². The third-order valence-corrected chi connectivity index (χ3v) is 3.05. The third kappa shape index (κ3) is 2.76. The first kappa shape index (κ1) is 10.6. The van der Waals surface area contributed by atoms with Crippen LogP contribution in [-0.2, 0) is 6.54 Å². The lowest BCUT2D eigenvalue weighted by Crippen LogP contribution is -2.40. The number of rotatable bonds is 3. The van der Waals surface area contributed by atoms with Gasteiger partial charge in [0.2, 0.25) is 0 Å². The monoisotopic (exact) mass is 208 g/mol. The van der Waals surface area contributed by atoms with Crippen LogP contribution in [0.4, 0.5) is 4.39 Å². The maximum atomic E-state index is 12.6. The van der Waals surface area contributed by atoms with E-state index in [2.05, 4.69) is 5.32 Å². The van der Waals surface area contributed by atoms with Gasteiger partial charge < -0.3 is 11.1 Å². The van der Waals surface area contributed by atoms with E-state index in [-0.39, 0.29) is 11.9 Å². The number of nitrogens with two attached hydrogens (primary N) is 1. The summed E-state index contributed by atoms with van der Waals surface area (Å²) in [7, 11) is 0. The van der Waals surface area contributed by atoms with Crippen molar-refractivity contribution in [1.82, 2.24) is 5.32 Å². The molecule has 0 heterocycles. The zero-order valence-electron chi connectivity index (χ0n) is 8.75. The highest BCUT2D eigenvalue weighted by Gasteiger charge is 2.22. The SMILES string of the molecule is N[C@@H]1CCC[C@H]1NCc1ccc(F)cc1. The summed E-state index contributed by atoms with van der Waals surface area (Å²) < 4.78 is 12.6. The molecule has 0 aromatic heterocycles. The van der Waals surface area contributed by atoms with Gasteiger partial charge in [0.15, 0.2) is 0 Å². The third-order valence-electron chi connectivity index (χ3n) is 3.05. The second-order valence-corrected chi connectivity index (χ2v) is 4.21. The number of hydrogen-bond acceptors (Lipinski definition) is 2. The van der Waals surface area contributed by atoms with Crippen LogP contribution in [0.15, 0.2) is 24.3 Å². The van der Waals surface area contributed by atoms with Gasteiger partial charge in [0, 0.05) is 18.6 Å². The Labute approximate surface area is 89.7 Å². The van der Waals surface area contributed by atoms with E-state index in [0.29, 0.717) is 6.04 Å². The minimum absolute atomic E-state index is 0.184. The second kappa shape index (κ2) is 4.73. The Morgan fingerprint density at radius 1 is 1.27 bits per heavy atom. The topological polar surface area (TPSA) is 38.0 Å². The van der Waals surface area contributed by atoms with Gasteiger partial charge in [0.25, 0.3) is 0 Å². The lowest BCUT2D eigenvalue weighted by atomic mass is 10.1. The Hall–Kier alpha value is -0.930. The molecule has 0 bridgehead atoms. The molecule has 2 atom stereocenters. The molecule has 1 aliphatic rings. The van der Waals surface area contributed by atoms with E-state index in [1.165, 1.54) is 18.6 Å². The number of benzene rings is 1. The van der Waals surface area contributed by atoms with Crippen LogP contribution in [0.25, 0.3) is 0 Å². The van der Waals surface area contributed by atoms with Crippen molar-refractivity contribution in [2.24, 2.45) is 5.73 Å². The van der Waals surface area contributed by atoms with Crippen LogP contribution in [0.5, 0.6) is 0 Å². The molecular weight excluding hydrogens is 191 g/mol. The molecule has 1 aliphatic carbocycles. The average molecular weight is 208 g/mol. The maximum Gasteiger partial charge on any atom is 0.123 e. The highest BCUT2D eigenvalue weighted by atomic mass is 19.1. The summed E-state index contributed by atoms with van der Waals surface area (Å²) in [5.41, 5.74) is 7.05. The standard InChI is InChI=1S/C12H17FN2/c13-10-6-4-9(5-7-10)8-15-12-3-1-2-11(12)14/h4-7,11-12,15H,1-3,8,14H2/t11-,12-/m1/s1. The van der Waals surface area contributed by atoms with Crippen LogP contribution in [0.1, 0.15) is 24.8 Å². The van der Waals surface area contributed by atoms with E-state index < -0.39 is 0 Å². The molecule has 0 saturated heterocycles. The van der Waals surface area contributed by atoms with Crippen molar-refractivity contribution in [2.75, 3.05) is 0 Å². The number of halogens is 1. The van der Waals surface area contributed by atoms with Gasteiger partial charge in [-0.3, -0.25) is 0 Å². The van der Waals surface area contributed by atoms with Crippen molar-refractivity contribution in [3.8, 4) is 0 Å². The predicted octanol–water partition coefficient (Wildman–Crippen LogP) is 1.80. The molecule has 3 N–H and O–H groups in total. The Morgan fingerprint density at radius 3 is 2.60 bits per heavy atom. The molecule has 2 nitrogen and oxygen atoms in total. The van der Waals surface area contributed by atoms with Gasteiger partial charge in [-0.2, -0.15) is 0 Å². The zero-order valence-corrected chi connectivity index (χ0v) is 8.75. The first-order valence-corrected chi connectivity index (χ1v) is 5.49. The predicted molar refractivity (Wildman–Crippen MR) is 58.9 cm³/mol. The van der Waals surface area contributed by atoms with E-state index in [4.69, 9.17) is 5.73 Å². The summed E-state index contributed by atoms with van der Waals surface area (Å²) in [5, 5.41) is 3.42. The van der Waals surface area contributed by atoms with Crippen LogP contribution >= 0.6 is 0 Å². The first-order chi connectivity index (χ1) is 7.25. The molecule has 82 valence electrons. The molecule has 15 heavy (non-hydrogen) atoms. The average Bonchev–Trinajstić information content (AvgIpc) is 2.63.